The minimum Gasteiger partial charge on any atom is -0.383 e. The second-order valence-corrected chi connectivity index (χ2v) is 3.34. The molecule has 5 nitrogen and oxygen atoms in total. The van der Waals surface area contributed by atoms with E-state index in [2.05, 4.69) is 15.3 Å². The molecule has 0 radical (unpaired) electrons. The topological polar surface area (TPSA) is 69.6 Å². The molecule has 0 saturated heterocycles. The zero-order valence-corrected chi connectivity index (χ0v) is 8.81. The highest BCUT2D eigenvalue weighted by molar-refractivity contribution is 5.69. The number of rotatable bonds is 2. The summed E-state index contributed by atoms with van der Waals surface area (Å²) in [6.07, 6.45) is 1.86. The average molecular weight is 203 g/mol. The first-order valence-corrected chi connectivity index (χ1v) is 4.84. The molecule has 2 N–H and O–H groups in total. The van der Waals surface area contributed by atoms with Crippen LogP contribution in [0.1, 0.15) is 12.6 Å². The minimum atomic E-state index is 0.498. The van der Waals surface area contributed by atoms with Crippen LogP contribution in [0.25, 0.3) is 11.3 Å². The van der Waals surface area contributed by atoms with Crippen molar-refractivity contribution in [1.29, 1.82) is 0 Å². The number of aromatic nitrogens is 4. The van der Waals surface area contributed by atoms with Gasteiger partial charge in [-0.05, 0) is 26.0 Å². The first-order valence-electron chi connectivity index (χ1n) is 4.84. The lowest BCUT2D eigenvalue weighted by Crippen LogP contribution is -1.95. The highest BCUT2D eigenvalue weighted by atomic mass is 15.4. The average Bonchev–Trinajstić information content (AvgIpc) is 2.66. The van der Waals surface area contributed by atoms with Crippen LogP contribution in [0.4, 0.5) is 5.82 Å². The summed E-state index contributed by atoms with van der Waals surface area (Å²) in [4.78, 5) is 4.19. The Morgan fingerprint density at radius 3 is 2.80 bits per heavy atom. The summed E-state index contributed by atoms with van der Waals surface area (Å²) >= 11 is 0. The molecule has 0 fully saturated rings. The van der Waals surface area contributed by atoms with E-state index in [4.69, 9.17) is 5.73 Å². The summed E-state index contributed by atoms with van der Waals surface area (Å²) in [5.74, 6) is 0.498. The predicted molar refractivity (Wildman–Crippen MR) is 58.1 cm³/mol. The Morgan fingerprint density at radius 1 is 1.40 bits per heavy atom. The molecule has 0 aliphatic rings. The van der Waals surface area contributed by atoms with Crippen LogP contribution in [-0.2, 0) is 6.54 Å². The Morgan fingerprint density at radius 2 is 2.20 bits per heavy atom. The second-order valence-electron chi connectivity index (χ2n) is 3.34. The van der Waals surface area contributed by atoms with Crippen LogP contribution in [0, 0.1) is 6.92 Å². The van der Waals surface area contributed by atoms with Crippen LogP contribution in [-0.4, -0.2) is 20.0 Å². The van der Waals surface area contributed by atoms with E-state index in [0.717, 1.165) is 23.5 Å². The molecule has 2 aromatic heterocycles. The van der Waals surface area contributed by atoms with Crippen molar-refractivity contribution in [1.82, 2.24) is 20.0 Å². The second kappa shape index (κ2) is 3.68. The monoisotopic (exact) mass is 203 g/mol. The van der Waals surface area contributed by atoms with E-state index in [1.165, 1.54) is 0 Å². The molecule has 2 rings (SSSR count). The van der Waals surface area contributed by atoms with Gasteiger partial charge >= 0.3 is 0 Å². The smallest absolute Gasteiger partial charge is 0.133 e. The molecule has 0 aliphatic heterocycles. The van der Waals surface area contributed by atoms with E-state index in [1.54, 1.807) is 4.68 Å². The van der Waals surface area contributed by atoms with Gasteiger partial charge in [0.05, 0.1) is 6.20 Å². The fraction of sp³-hybridized carbons (Fsp3) is 0.300. The third kappa shape index (κ3) is 1.81. The van der Waals surface area contributed by atoms with Crippen molar-refractivity contribution in [3.8, 4) is 11.3 Å². The lowest BCUT2D eigenvalue weighted by Gasteiger charge is -2.01. The zero-order chi connectivity index (χ0) is 10.8. The van der Waals surface area contributed by atoms with Gasteiger partial charge in [-0.2, -0.15) is 0 Å². The Balaban J connectivity index is 2.44. The molecular weight excluding hydrogens is 190 g/mol. The summed E-state index contributed by atoms with van der Waals surface area (Å²) < 4.78 is 1.76. The Hall–Kier alpha value is -1.91. The molecule has 78 valence electrons. The van der Waals surface area contributed by atoms with Crippen molar-refractivity contribution in [3.05, 3.63) is 24.0 Å². The van der Waals surface area contributed by atoms with E-state index >= 15 is 0 Å². The molecule has 0 spiro atoms. The van der Waals surface area contributed by atoms with Crippen molar-refractivity contribution in [2.45, 2.75) is 20.4 Å². The van der Waals surface area contributed by atoms with E-state index < -0.39 is 0 Å². The largest absolute Gasteiger partial charge is 0.383 e. The molecular formula is C10H13N5. The standard InChI is InChI=1S/C10H13N5/c1-3-15-6-9(13-14-15)8-5-4-7(2)12-10(8)11/h4-6H,3H2,1-2H3,(H2,11,12). The number of hydrogen-bond donors (Lipinski definition) is 1. The maximum Gasteiger partial charge on any atom is 0.133 e. The first kappa shape index (κ1) is 9.64. The molecule has 0 saturated carbocycles. The summed E-state index contributed by atoms with van der Waals surface area (Å²) in [5.41, 5.74) is 8.32. The van der Waals surface area contributed by atoms with E-state index in [-0.39, 0.29) is 0 Å². The van der Waals surface area contributed by atoms with E-state index in [0.29, 0.717) is 5.82 Å². The van der Waals surface area contributed by atoms with Gasteiger partial charge in [-0.1, -0.05) is 5.21 Å². The van der Waals surface area contributed by atoms with Gasteiger partial charge in [0.25, 0.3) is 0 Å². The van der Waals surface area contributed by atoms with Crippen LogP contribution < -0.4 is 5.73 Å². The number of anilines is 1. The fourth-order valence-corrected chi connectivity index (χ4v) is 1.37. The zero-order valence-electron chi connectivity index (χ0n) is 8.81. The van der Waals surface area contributed by atoms with Crippen molar-refractivity contribution in [2.24, 2.45) is 0 Å². The molecule has 5 heteroatoms. The van der Waals surface area contributed by atoms with Crippen LogP contribution in [0.15, 0.2) is 18.3 Å². The summed E-state index contributed by atoms with van der Waals surface area (Å²) in [5, 5.41) is 8.00. The third-order valence-corrected chi connectivity index (χ3v) is 2.20. The maximum absolute atomic E-state index is 5.82. The van der Waals surface area contributed by atoms with Crippen molar-refractivity contribution < 1.29 is 0 Å². The van der Waals surface area contributed by atoms with Crippen molar-refractivity contribution in [3.63, 3.8) is 0 Å². The predicted octanol–water partition coefficient (Wildman–Crippen LogP) is 1.25. The van der Waals surface area contributed by atoms with Crippen LogP contribution in [0.3, 0.4) is 0 Å². The lowest BCUT2D eigenvalue weighted by molar-refractivity contribution is 0.627. The lowest BCUT2D eigenvalue weighted by atomic mass is 10.2. The number of pyridine rings is 1. The first-order chi connectivity index (χ1) is 7.20. The molecule has 0 amide bonds. The maximum atomic E-state index is 5.82. The summed E-state index contributed by atoms with van der Waals surface area (Å²) in [7, 11) is 0. The highest BCUT2D eigenvalue weighted by Gasteiger charge is 2.07. The number of nitrogens with zero attached hydrogens (tertiary/aromatic N) is 4. The van der Waals surface area contributed by atoms with Gasteiger partial charge < -0.3 is 5.73 Å². The van der Waals surface area contributed by atoms with Crippen LogP contribution >= 0.6 is 0 Å². The van der Waals surface area contributed by atoms with E-state index in [9.17, 15) is 0 Å². The minimum absolute atomic E-state index is 0.498. The Labute approximate surface area is 87.9 Å². The molecule has 0 bridgehead atoms. The van der Waals surface area contributed by atoms with Gasteiger partial charge in [-0.3, -0.25) is 4.68 Å². The number of nitrogens with two attached hydrogens (primary N) is 1. The van der Waals surface area contributed by atoms with E-state index in [1.807, 2.05) is 32.2 Å². The SMILES string of the molecule is CCn1cc(-c2ccc(C)nc2N)nn1. The molecule has 15 heavy (non-hydrogen) atoms. The van der Waals surface area contributed by atoms with Crippen LogP contribution in [0.2, 0.25) is 0 Å². The summed E-state index contributed by atoms with van der Waals surface area (Å²) in [6.45, 7) is 4.71. The Bertz CT molecular complexity index is 474. The van der Waals surface area contributed by atoms with Gasteiger partial charge in [0.1, 0.15) is 11.5 Å². The molecule has 2 aromatic rings. The van der Waals surface area contributed by atoms with Gasteiger partial charge in [0.2, 0.25) is 0 Å². The van der Waals surface area contributed by atoms with Crippen molar-refractivity contribution in [2.75, 3.05) is 5.73 Å². The van der Waals surface area contributed by atoms with Gasteiger partial charge in [-0.15, -0.1) is 5.10 Å². The quantitative estimate of drug-likeness (QED) is 0.797. The number of nitrogen functional groups attached to an aromatic ring is 1. The molecule has 2 heterocycles. The number of hydrogen-bond acceptors (Lipinski definition) is 4. The van der Waals surface area contributed by atoms with Gasteiger partial charge in [-0.25, -0.2) is 4.98 Å². The van der Waals surface area contributed by atoms with Gasteiger partial charge in [0, 0.05) is 17.8 Å². The molecule has 0 aliphatic carbocycles. The molecule has 0 aromatic carbocycles. The van der Waals surface area contributed by atoms with Crippen molar-refractivity contribution >= 4 is 5.82 Å². The normalized spacial score (nSPS) is 10.5. The highest BCUT2D eigenvalue weighted by Crippen LogP contribution is 2.21. The fourth-order valence-electron chi connectivity index (χ4n) is 1.37. The molecule has 0 atom stereocenters. The third-order valence-electron chi connectivity index (χ3n) is 2.20. The van der Waals surface area contributed by atoms with Gasteiger partial charge in [0.15, 0.2) is 0 Å². The Kier molecular flexibility index (Phi) is 2.37. The molecule has 0 unspecified atom stereocenters. The summed E-state index contributed by atoms with van der Waals surface area (Å²) in [6, 6.07) is 3.83. The van der Waals surface area contributed by atoms with Crippen LogP contribution in [0.5, 0.6) is 0 Å². The number of aryl methyl sites for hydroxylation is 2.